The first-order chi connectivity index (χ1) is 13.6. The molecule has 0 aliphatic carbocycles. The predicted molar refractivity (Wildman–Crippen MR) is 121 cm³/mol. The molecule has 0 radical (unpaired) electrons. The molecule has 4 aromatic rings. The minimum absolute atomic E-state index is 0.485. The van der Waals surface area contributed by atoms with Crippen molar-refractivity contribution < 1.29 is 20.8 Å². The van der Waals surface area contributed by atoms with Gasteiger partial charge in [0.05, 0.1) is 0 Å². The van der Waals surface area contributed by atoms with Crippen LogP contribution in [0.15, 0.2) is 78.9 Å². The predicted octanol–water partition coefficient (Wildman–Crippen LogP) is 8.70. The van der Waals surface area contributed by atoms with Crippen LogP contribution in [0, 0.1) is 6.92 Å². The molecule has 0 aliphatic rings. The van der Waals surface area contributed by atoms with E-state index in [1.807, 2.05) is 0 Å². The van der Waals surface area contributed by atoms with E-state index in [-0.39, 0.29) is 0 Å². The van der Waals surface area contributed by atoms with Gasteiger partial charge in [-0.15, -0.1) is 34.5 Å². The molecule has 0 unspecified atom stereocenters. The third-order valence-electron chi connectivity index (χ3n) is 4.97. The first-order valence-electron chi connectivity index (χ1n) is 9.37. The second-order valence-electron chi connectivity index (χ2n) is 7.20. The third kappa shape index (κ3) is 4.65. The second kappa shape index (κ2) is 9.97. The van der Waals surface area contributed by atoms with E-state index >= 15 is 0 Å². The Hall–Kier alpha value is -1.27. The van der Waals surface area contributed by atoms with Crippen LogP contribution < -0.4 is 0 Å². The van der Waals surface area contributed by atoms with Crippen molar-refractivity contribution in [2.24, 2.45) is 0 Å². The van der Waals surface area contributed by atoms with Gasteiger partial charge in [-0.25, -0.2) is 0 Å². The Morgan fingerprint density at radius 1 is 0.821 bits per heavy atom. The molecule has 0 heterocycles. The van der Waals surface area contributed by atoms with Gasteiger partial charge in [-0.05, 0) is 22.6 Å². The molecular weight excluding hydrogens is 462 g/mol. The number of benzene rings is 3. The molecule has 0 amide bonds. The number of halogens is 2. The van der Waals surface area contributed by atoms with E-state index in [4.69, 9.17) is 17.0 Å². The Bertz CT molecular complexity index is 1050. The molecular formula is C25H23Cl2Zr-. The van der Waals surface area contributed by atoms with Crippen LogP contribution in [0.4, 0.5) is 0 Å². The van der Waals surface area contributed by atoms with E-state index in [9.17, 15) is 0 Å². The molecule has 0 saturated heterocycles. The normalized spacial score (nSPS) is 10.6. The number of rotatable bonds is 3. The maximum absolute atomic E-state index is 4.93. The van der Waals surface area contributed by atoms with Crippen LogP contribution >= 0.6 is 17.0 Å². The zero-order chi connectivity index (χ0) is 20.1. The van der Waals surface area contributed by atoms with Gasteiger partial charge in [0.15, 0.2) is 0 Å². The van der Waals surface area contributed by atoms with Gasteiger partial charge >= 0.3 is 37.9 Å². The molecule has 0 N–H and O–H groups in total. The van der Waals surface area contributed by atoms with Gasteiger partial charge in [0.1, 0.15) is 0 Å². The van der Waals surface area contributed by atoms with Gasteiger partial charge in [-0.2, -0.15) is 6.07 Å². The van der Waals surface area contributed by atoms with E-state index in [1.54, 1.807) is 0 Å². The number of fused-ring (bicyclic) bond motifs is 1. The molecule has 3 heteroatoms. The van der Waals surface area contributed by atoms with Crippen molar-refractivity contribution in [3.63, 3.8) is 0 Å². The van der Waals surface area contributed by atoms with Crippen molar-refractivity contribution in [3.8, 4) is 22.3 Å². The van der Waals surface area contributed by atoms with E-state index in [0.29, 0.717) is 5.92 Å². The molecule has 142 valence electrons. The monoisotopic (exact) mass is 483 g/mol. The molecule has 0 spiro atoms. The molecule has 0 saturated carbocycles. The second-order valence-corrected chi connectivity index (χ2v) is 10.9. The van der Waals surface area contributed by atoms with Crippen LogP contribution in [-0.2, 0) is 20.8 Å². The van der Waals surface area contributed by atoms with Crippen molar-refractivity contribution in [2.75, 3.05) is 0 Å². The first-order valence-corrected chi connectivity index (χ1v) is 15.7. The number of aryl methyl sites for hydroxylation is 1. The summed E-state index contributed by atoms with van der Waals surface area (Å²) in [4.78, 5) is 0. The van der Waals surface area contributed by atoms with Gasteiger partial charge < -0.3 is 0 Å². The number of hydrogen-bond donors (Lipinski definition) is 0. The summed E-state index contributed by atoms with van der Waals surface area (Å²) in [6.07, 6.45) is 0. The topological polar surface area (TPSA) is 0 Å². The fraction of sp³-hybridized carbons (Fsp3) is 0.160. The van der Waals surface area contributed by atoms with Crippen molar-refractivity contribution in [3.05, 3.63) is 90.0 Å². The Kier molecular flexibility index (Phi) is 7.64. The van der Waals surface area contributed by atoms with E-state index in [2.05, 4.69) is 99.6 Å². The van der Waals surface area contributed by atoms with Crippen LogP contribution in [-0.4, -0.2) is 0 Å². The zero-order valence-corrected chi connectivity index (χ0v) is 20.3. The van der Waals surface area contributed by atoms with Crippen LogP contribution in [0.3, 0.4) is 0 Å². The molecule has 4 rings (SSSR count). The van der Waals surface area contributed by atoms with Crippen molar-refractivity contribution in [2.45, 2.75) is 26.7 Å². The van der Waals surface area contributed by atoms with Crippen LogP contribution in [0.25, 0.3) is 33.0 Å². The summed E-state index contributed by atoms with van der Waals surface area (Å²) in [5, 5.41) is 2.70. The minimum atomic E-state index is -0.826. The maximum atomic E-state index is 4.93. The fourth-order valence-electron chi connectivity index (χ4n) is 3.80. The summed E-state index contributed by atoms with van der Waals surface area (Å²) in [6, 6.07) is 28.7. The van der Waals surface area contributed by atoms with Crippen LogP contribution in [0.1, 0.15) is 30.9 Å². The summed E-state index contributed by atoms with van der Waals surface area (Å²) in [5.41, 5.74) is 8.04. The van der Waals surface area contributed by atoms with Gasteiger partial charge in [-0.3, -0.25) is 0 Å². The molecule has 0 aliphatic heterocycles. The van der Waals surface area contributed by atoms with Crippen molar-refractivity contribution >= 4 is 27.8 Å². The molecule has 0 atom stereocenters. The first kappa shape index (κ1) is 21.4. The molecule has 28 heavy (non-hydrogen) atoms. The molecule has 0 bridgehead atoms. The van der Waals surface area contributed by atoms with E-state index in [0.717, 1.165) is 0 Å². The average Bonchev–Trinajstić information content (AvgIpc) is 3.08. The van der Waals surface area contributed by atoms with Gasteiger partial charge in [0.2, 0.25) is 0 Å². The molecule has 0 nitrogen and oxygen atoms in total. The molecule has 4 aromatic carbocycles. The van der Waals surface area contributed by atoms with Gasteiger partial charge in [0, 0.05) is 0 Å². The average molecular weight is 486 g/mol. The van der Waals surface area contributed by atoms with E-state index < -0.39 is 20.8 Å². The van der Waals surface area contributed by atoms with E-state index in [1.165, 1.54) is 44.2 Å². The summed E-state index contributed by atoms with van der Waals surface area (Å²) >= 11 is -0.826. The Labute approximate surface area is 186 Å². The quantitative estimate of drug-likeness (QED) is 0.255. The molecule has 0 fully saturated rings. The zero-order valence-electron chi connectivity index (χ0n) is 16.3. The van der Waals surface area contributed by atoms with Crippen molar-refractivity contribution in [1.82, 2.24) is 0 Å². The van der Waals surface area contributed by atoms with Crippen molar-refractivity contribution in [1.29, 1.82) is 0 Å². The Morgan fingerprint density at radius 2 is 1.43 bits per heavy atom. The Balaban J connectivity index is 0.000000706. The fourth-order valence-corrected chi connectivity index (χ4v) is 3.80. The van der Waals surface area contributed by atoms with Gasteiger partial charge in [-0.1, -0.05) is 86.5 Å². The van der Waals surface area contributed by atoms with Crippen LogP contribution in [0.5, 0.6) is 0 Å². The molecule has 0 aromatic heterocycles. The summed E-state index contributed by atoms with van der Waals surface area (Å²) < 4.78 is 0. The number of hydrogen-bond acceptors (Lipinski definition) is 0. The SMILES string of the molecule is Cc1cc2c(-c3ccccc3-c3ccccc3)c(C(C)C)ccc2[cH-]1.[Cl][Zr][Cl]. The summed E-state index contributed by atoms with van der Waals surface area (Å²) in [7, 11) is 9.87. The summed E-state index contributed by atoms with van der Waals surface area (Å²) in [5.74, 6) is 0.485. The van der Waals surface area contributed by atoms with Crippen LogP contribution in [0.2, 0.25) is 0 Å². The Morgan fingerprint density at radius 3 is 2.07 bits per heavy atom. The summed E-state index contributed by atoms with van der Waals surface area (Å²) in [6.45, 7) is 6.75. The standard InChI is InChI=1S/C25H23.2ClH.Zr/c1-17(2)21-14-13-20-15-18(3)16-24(20)25(21)23-12-8-7-11-22(23)19-9-5-4-6-10-19;;;/h4-17H,1-3H3;2*1H;/q-1;;;+2/p-2. The van der Waals surface area contributed by atoms with Gasteiger partial charge in [0.25, 0.3) is 0 Å². The third-order valence-corrected chi connectivity index (χ3v) is 4.97.